The molecule has 0 saturated carbocycles. The highest BCUT2D eigenvalue weighted by molar-refractivity contribution is 5.77. The maximum atomic E-state index is 13.0. The maximum Gasteiger partial charge on any atom is 0.201 e. The summed E-state index contributed by atoms with van der Waals surface area (Å²) in [7, 11) is 0. The summed E-state index contributed by atoms with van der Waals surface area (Å²) in [5, 5.41) is 3.14. The van der Waals surface area contributed by atoms with Gasteiger partial charge in [0.25, 0.3) is 0 Å². The summed E-state index contributed by atoms with van der Waals surface area (Å²) in [4.78, 5) is 7.55. The largest absolute Gasteiger partial charge is 0.352 e. The van der Waals surface area contributed by atoms with Crippen LogP contribution in [0.25, 0.3) is 11.0 Å². The molecule has 3 rings (SSSR count). The van der Waals surface area contributed by atoms with Gasteiger partial charge < -0.3 is 10.3 Å². The molecule has 0 amide bonds. The topological polar surface area (TPSA) is 40.7 Å². The van der Waals surface area contributed by atoms with Crippen molar-refractivity contribution in [3.05, 3.63) is 59.9 Å². The number of imidazole rings is 1. The lowest BCUT2D eigenvalue weighted by molar-refractivity contribution is 0.626. The molecule has 3 aromatic rings. The minimum Gasteiger partial charge on any atom is -0.352 e. The Balaban J connectivity index is 1.76. The first-order valence-electron chi connectivity index (χ1n) is 5.74. The third kappa shape index (κ3) is 2.18. The van der Waals surface area contributed by atoms with Gasteiger partial charge in [0.05, 0.1) is 11.0 Å². The molecule has 18 heavy (non-hydrogen) atoms. The van der Waals surface area contributed by atoms with E-state index in [1.807, 2.05) is 30.3 Å². The van der Waals surface area contributed by atoms with Gasteiger partial charge >= 0.3 is 0 Å². The first kappa shape index (κ1) is 10.8. The van der Waals surface area contributed by atoms with Crippen LogP contribution in [-0.2, 0) is 6.54 Å². The second-order valence-electron chi connectivity index (χ2n) is 4.09. The molecule has 0 aliphatic heterocycles. The molecule has 2 aromatic carbocycles. The number of nitrogens with one attached hydrogen (secondary N) is 2. The van der Waals surface area contributed by atoms with Crippen LogP contribution in [0.3, 0.4) is 0 Å². The molecule has 1 heterocycles. The van der Waals surface area contributed by atoms with E-state index in [4.69, 9.17) is 0 Å². The van der Waals surface area contributed by atoms with E-state index in [-0.39, 0.29) is 5.82 Å². The number of aromatic amines is 1. The smallest absolute Gasteiger partial charge is 0.201 e. The van der Waals surface area contributed by atoms with Crippen LogP contribution >= 0.6 is 0 Å². The molecule has 0 spiro atoms. The van der Waals surface area contributed by atoms with E-state index in [1.165, 1.54) is 12.1 Å². The van der Waals surface area contributed by atoms with Gasteiger partial charge in [0, 0.05) is 6.54 Å². The molecule has 0 unspecified atom stereocenters. The highest BCUT2D eigenvalue weighted by Gasteiger charge is 2.01. The summed E-state index contributed by atoms with van der Waals surface area (Å²) < 4.78 is 13.0. The number of aromatic nitrogens is 2. The number of benzene rings is 2. The van der Waals surface area contributed by atoms with E-state index in [0.29, 0.717) is 12.5 Å². The predicted molar refractivity (Wildman–Crippen MR) is 69.8 cm³/mol. The second kappa shape index (κ2) is 4.49. The number of H-pyrrole nitrogens is 1. The van der Waals surface area contributed by atoms with E-state index >= 15 is 0 Å². The van der Waals surface area contributed by atoms with E-state index in [9.17, 15) is 4.39 Å². The fraction of sp³-hybridized carbons (Fsp3) is 0.0714. The van der Waals surface area contributed by atoms with Crippen LogP contribution in [0.5, 0.6) is 0 Å². The summed E-state index contributed by atoms with van der Waals surface area (Å²) in [6, 6.07) is 14.3. The third-order valence-corrected chi connectivity index (χ3v) is 2.74. The van der Waals surface area contributed by atoms with Crippen molar-refractivity contribution in [2.45, 2.75) is 6.54 Å². The fourth-order valence-corrected chi connectivity index (χ4v) is 1.87. The highest BCUT2D eigenvalue weighted by Crippen LogP contribution is 2.14. The first-order valence-corrected chi connectivity index (χ1v) is 5.74. The fourth-order valence-electron chi connectivity index (χ4n) is 1.87. The molecule has 4 heteroatoms. The number of rotatable bonds is 3. The van der Waals surface area contributed by atoms with E-state index < -0.39 is 0 Å². The molecule has 0 aliphatic carbocycles. The Morgan fingerprint density at radius 3 is 2.83 bits per heavy atom. The Morgan fingerprint density at radius 1 is 1.11 bits per heavy atom. The third-order valence-electron chi connectivity index (χ3n) is 2.74. The van der Waals surface area contributed by atoms with Crippen molar-refractivity contribution >= 4 is 17.0 Å². The minimum absolute atomic E-state index is 0.223. The van der Waals surface area contributed by atoms with Gasteiger partial charge in [-0.3, -0.25) is 0 Å². The van der Waals surface area contributed by atoms with Gasteiger partial charge in [-0.05, 0) is 29.8 Å². The minimum atomic E-state index is -0.223. The average molecular weight is 241 g/mol. The van der Waals surface area contributed by atoms with Crippen molar-refractivity contribution in [1.29, 1.82) is 0 Å². The number of halogens is 1. The molecule has 3 nitrogen and oxygen atoms in total. The van der Waals surface area contributed by atoms with Crippen molar-refractivity contribution in [3.63, 3.8) is 0 Å². The van der Waals surface area contributed by atoms with Crippen molar-refractivity contribution in [2.75, 3.05) is 5.32 Å². The standard InChI is InChI=1S/C14H12FN3/c15-11-5-3-4-10(8-11)9-16-14-17-12-6-1-2-7-13(12)18-14/h1-8H,9H2,(H2,16,17,18). The Morgan fingerprint density at radius 2 is 2.00 bits per heavy atom. The summed E-state index contributed by atoms with van der Waals surface area (Å²) in [6.07, 6.45) is 0. The normalized spacial score (nSPS) is 10.7. The molecule has 0 saturated heterocycles. The predicted octanol–water partition coefficient (Wildman–Crippen LogP) is 3.31. The lowest BCUT2D eigenvalue weighted by Gasteiger charge is -2.02. The molecule has 2 N–H and O–H groups in total. The van der Waals surface area contributed by atoms with Crippen molar-refractivity contribution in [1.82, 2.24) is 9.97 Å². The van der Waals surface area contributed by atoms with Gasteiger partial charge in [0.1, 0.15) is 5.82 Å². The maximum absolute atomic E-state index is 13.0. The van der Waals surface area contributed by atoms with Gasteiger partial charge in [0.2, 0.25) is 5.95 Å². The summed E-state index contributed by atoms with van der Waals surface area (Å²) >= 11 is 0. The van der Waals surface area contributed by atoms with E-state index in [0.717, 1.165) is 16.6 Å². The van der Waals surface area contributed by atoms with Crippen molar-refractivity contribution < 1.29 is 4.39 Å². The zero-order valence-electron chi connectivity index (χ0n) is 9.65. The zero-order chi connectivity index (χ0) is 12.4. The lowest BCUT2D eigenvalue weighted by atomic mass is 10.2. The molecule has 0 radical (unpaired) electrons. The Labute approximate surface area is 104 Å². The van der Waals surface area contributed by atoms with Gasteiger partial charge in [-0.15, -0.1) is 0 Å². The van der Waals surface area contributed by atoms with Crippen LogP contribution in [0, 0.1) is 5.82 Å². The van der Waals surface area contributed by atoms with Gasteiger partial charge in [-0.1, -0.05) is 24.3 Å². The van der Waals surface area contributed by atoms with E-state index in [1.54, 1.807) is 6.07 Å². The molecule has 0 bridgehead atoms. The van der Waals surface area contributed by atoms with Crippen molar-refractivity contribution in [2.24, 2.45) is 0 Å². The summed E-state index contributed by atoms with van der Waals surface area (Å²) in [5.74, 6) is 0.472. The molecular weight excluding hydrogens is 229 g/mol. The molecule has 1 aromatic heterocycles. The van der Waals surface area contributed by atoms with Crippen LogP contribution < -0.4 is 5.32 Å². The monoisotopic (exact) mass is 241 g/mol. The average Bonchev–Trinajstić information content (AvgIpc) is 2.79. The second-order valence-corrected chi connectivity index (χ2v) is 4.09. The number of para-hydroxylation sites is 2. The molecule has 90 valence electrons. The van der Waals surface area contributed by atoms with Crippen LogP contribution in [0.1, 0.15) is 5.56 Å². The van der Waals surface area contributed by atoms with Crippen molar-refractivity contribution in [3.8, 4) is 0 Å². The van der Waals surface area contributed by atoms with Crippen LogP contribution in [0.15, 0.2) is 48.5 Å². The number of fused-ring (bicyclic) bond motifs is 1. The first-order chi connectivity index (χ1) is 8.81. The SMILES string of the molecule is Fc1cccc(CNc2nc3ccccc3[nH]2)c1. The van der Waals surface area contributed by atoms with Crippen LogP contribution in [0.2, 0.25) is 0 Å². The van der Waals surface area contributed by atoms with Crippen LogP contribution in [0.4, 0.5) is 10.3 Å². The number of nitrogens with zero attached hydrogens (tertiary/aromatic N) is 1. The molecule has 0 fully saturated rings. The molecule has 0 atom stereocenters. The number of anilines is 1. The Kier molecular flexibility index (Phi) is 2.68. The molecule has 0 aliphatic rings. The molecular formula is C14H12FN3. The quantitative estimate of drug-likeness (QED) is 0.738. The van der Waals surface area contributed by atoms with E-state index in [2.05, 4.69) is 15.3 Å². The Hall–Kier alpha value is -2.36. The summed E-state index contributed by atoms with van der Waals surface area (Å²) in [6.45, 7) is 0.539. The lowest BCUT2D eigenvalue weighted by Crippen LogP contribution is -2.00. The summed E-state index contributed by atoms with van der Waals surface area (Å²) in [5.41, 5.74) is 2.79. The highest BCUT2D eigenvalue weighted by atomic mass is 19.1. The number of hydrogen-bond donors (Lipinski definition) is 2. The van der Waals surface area contributed by atoms with Gasteiger partial charge in [0.15, 0.2) is 0 Å². The van der Waals surface area contributed by atoms with Gasteiger partial charge in [-0.25, -0.2) is 9.37 Å². The zero-order valence-corrected chi connectivity index (χ0v) is 9.65. The van der Waals surface area contributed by atoms with Gasteiger partial charge in [-0.2, -0.15) is 0 Å². The van der Waals surface area contributed by atoms with Crippen LogP contribution in [-0.4, -0.2) is 9.97 Å². The Bertz CT molecular complexity index is 642. The number of hydrogen-bond acceptors (Lipinski definition) is 2.